The van der Waals surface area contributed by atoms with Crippen molar-refractivity contribution in [3.05, 3.63) is 51.0 Å². The lowest BCUT2D eigenvalue weighted by atomic mass is 9.83. The maximum Gasteiger partial charge on any atom is 0.250 e. The highest BCUT2D eigenvalue weighted by Crippen LogP contribution is 2.40. The Morgan fingerprint density at radius 1 is 1.16 bits per heavy atom. The fraction of sp³-hybridized carbons (Fsp3) is 0.421. The summed E-state index contributed by atoms with van der Waals surface area (Å²) in [5.41, 5.74) is 2.61. The average Bonchev–Trinajstić information content (AvgIpc) is 2.90. The number of rotatable bonds is 1. The summed E-state index contributed by atoms with van der Waals surface area (Å²) in [6.45, 7) is 7.01. The molecule has 5 nitrogen and oxygen atoms in total. The highest BCUT2D eigenvalue weighted by atomic mass is 32.1. The molecule has 5 rings (SSSR count). The van der Waals surface area contributed by atoms with Crippen molar-refractivity contribution in [2.24, 2.45) is 5.92 Å². The van der Waals surface area contributed by atoms with Crippen LogP contribution in [0.1, 0.15) is 28.5 Å². The molecule has 6 heteroatoms. The van der Waals surface area contributed by atoms with E-state index in [-0.39, 0.29) is 5.56 Å². The Labute approximate surface area is 150 Å². The van der Waals surface area contributed by atoms with Crippen molar-refractivity contribution >= 4 is 27.4 Å². The van der Waals surface area contributed by atoms with E-state index in [1.165, 1.54) is 21.5 Å². The molecular weight excluding hydrogens is 332 g/mol. The highest BCUT2D eigenvalue weighted by molar-refractivity contribution is 7.18. The first-order chi connectivity index (χ1) is 12.1. The number of piperidine rings is 1. The number of fused-ring (bicyclic) bond motifs is 5. The standard InChI is InChI=1S/C19H20N4OS/c1-11-12(2)25-19-17(11)18(20-10-21-19)22-7-13-6-14(9-22)15-4-3-5-16(24)23(15)8-13/h3-5,10,13-14H,6-9H2,1-2H3/t13-,14+/m0/s1. The molecule has 3 aromatic heterocycles. The van der Waals surface area contributed by atoms with Gasteiger partial charge in [-0.15, -0.1) is 11.3 Å². The van der Waals surface area contributed by atoms with Crippen LogP contribution in [0.3, 0.4) is 0 Å². The van der Waals surface area contributed by atoms with Crippen LogP contribution in [-0.4, -0.2) is 27.6 Å². The van der Waals surface area contributed by atoms with E-state index >= 15 is 0 Å². The van der Waals surface area contributed by atoms with Gasteiger partial charge in [0.15, 0.2) is 0 Å². The predicted molar refractivity (Wildman–Crippen MR) is 101 cm³/mol. The molecule has 0 aromatic carbocycles. The molecule has 25 heavy (non-hydrogen) atoms. The molecule has 2 aliphatic rings. The summed E-state index contributed by atoms with van der Waals surface area (Å²) in [5.74, 6) is 1.95. The number of thiophene rings is 1. The van der Waals surface area contributed by atoms with Gasteiger partial charge in [0.2, 0.25) is 0 Å². The molecule has 0 saturated carbocycles. The Morgan fingerprint density at radius 2 is 2.04 bits per heavy atom. The third-order valence-corrected chi connectivity index (χ3v) is 6.84. The molecule has 0 amide bonds. The third-order valence-electron chi connectivity index (χ3n) is 5.72. The van der Waals surface area contributed by atoms with Gasteiger partial charge in [-0.2, -0.15) is 0 Å². The summed E-state index contributed by atoms with van der Waals surface area (Å²) in [5, 5.41) is 1.20. The Bertz CT molecular complexity index is 1040. The first-order valence-corrected chi connectivity index (χ1v) is 9.59. The molecule has 128 valence electrons. The van der Waals surface area contributed by atoms with E-state index in [9.17, 15) is 4.79 Å². The molecule has 0 aliphatic carbocycles. The molecule has 1 saturated heterocycles. The molecule has 2 bridgehead atoms. The number of nitrogens with zero attached hydrogens (tertiary/aromatic N) is 4. The Kier molecular flexibility index (Phi) is 3.25. The monoisotopic (exact) mass is 352 g/mol. The maximum absolute atomic E-state index is 12.2. The van der Waals surface area contributed by atoms with Gasteiger partial charge in [0.25, 0.3) is 5.56 Å². The van der Waals surface area contributed by atoms with Crippen LogP contribution < -0.4 is 10.5 Å². The van der Waals surface area contributed by atoms with Crippen molar-refractivity contribution in [1.29, 1.82) is 0 Å². The topological polar surface area (TPSA) is 51.0 Å². The summed E-state index contributed by atoms with van der Waals surface area (Å²) in [6.07, 6.45) is 2.85. The number of hydrogen-bond acceptors (Lipinski definition) is 5. The molecule has 5 heterocycles. The molecule has 1 fully saturated rings. The second kappa shape index (κ2) is 5.39. The molecule has 0 unspecified atom stereocenters. The van der Waals surface area contributed by atoms with Crippen molar-refractivity contribution < 1.29 is 0 Å². The van der Waals surface area contributed by atoms with E-state index in [2.05, 4.69) is 34.8 Å². The summed E-state index contributed by atoms with van der Waals surface area (Å²) >= 11 is 1.75. The van der Waals surface area contributed by atoms with Gasteiger partial charge in [-0.1, -0.05) is 6.07 Å². The normalized spacial score (nSPS) is 22.2. The largest absolute Gasteiger partial charge is 0.355 e. The summed E-state index contributed by atoms with van der Waals surface area (Å²) in [7, 11) is 0. The zero-order valence-corrected chi connectivity index (χ0v) is 15.2. The maximum atomic E-state index is 12.2. The highest BCUT2D eigenvalue weighted by Gasteiger charge is 2.35. The van der Waals surface area contributed by atoms with Gasteiger partial charge >= 0.3 is 0 Å². The minimum absolute atomic E-state index is 0.134. The fourth-order valence-electron chi connectivity index (χ4n) is 4.47. The van der Waals surface area contributed by atoms with E-state index < -0.39 is 0 Å². The van der Waals surface area contributed by atoms with Gasteiger partial charge in [0.1, 0.15) is 17.0 Å². The van der Waals surface area contributed by atoms with Gasteiger partial charge in [-0.25, -0.2) is 9.97 Å². The smallest absolute Gasteiger partial charge is 0.250 e. The van der Waals surface area contributed by atoms with Crippen LogP contribution in [0.15, 0.2) is 29.3 Å². The van der Waals surface area contributed by atoms with Crippen molar-refractivity contribution in [3.63, 3.8) is 0 Å². The van der Waals surface area contributed by atoms with Crippen molar-refractivity contribution in [2.45, 2.75) is 32.7 Å². The van der Waals surface area contributed by atoms with E-state index in [0.29, 0.717) is 11.8 Å². The van der Waals surface area contributed by atoms with Crippen molar-refractivity contribution in [2.75, 3.05) is 18.0 Å². The van der Waals surface area contributed by atoms with Gasteiger partial charge < -0.3 is 9.47 Å². The second-order valence-corrected chi connectivity index (χ2v) is 8.47. The van der Waals surface area contributed by atoms with Crippen molar-refractivity contribution in [1.82, 2.24) is 14.5 Å². The van der Waals surface area contributed by atoms with Crippen LogP contribution in [-0.2, 0) is 6.54 Å². The lowest BCUT2D eigenvalue weighted by molar-refractivity contribution is 0.281. The van der Waals surface area contributed by atoms with E-state index in [1.807, 2.05) is 10.6 Å². The summed E-state index contributed by atoms with van der Waals surface area (Å²) < 4.78 is 1.98. The van der Waals surface area contributed by atoms with Crippen LogP contribution >= 0.6 is 11.3 Å². The number of hydrogen-bond donors (Lipinski definition) is 0. The summed E-state index contributed by atoms with van der Waals surface area (Å²) in [4.78, 5) is 26.1. The van der Waals surface area contributed by atoms with Crippen LogP contribution in [0.5, 0.6) is 0 Å². The van der Waals surface area contributed by atoms with Gasteiger partial charge in [0.05, 0.1) is 5.39 Å². The zero-order chi connectivity index (χ0) is 17.1. The molecule has 0 radical (unpaired) electrons. The van der Waals surface area contributed by atoms with E-state index in [4.69, 9.17) is 0 Å². The molecule has 2 atom stereocenters. The molecule has 0 spiro atoms. The predicted octanol–water partition coefficient (Wildman–Crippen LogP) is 3.09. The molecule has 0 N–H and O–H groups in total. The van der Waals surface area contributed by atoms with Gasteiger partial charge in [0, 0.05) is 42.2 Å². The Hall–Kier alpha value is -2.21. The number of aromatic nitrogens is 3. The Balaban J connectivity index is 1.59. The lowest BCUT2D eigenvalue weighted by Gasteiger charge is -2.43. The quantitative estimate of drug-likeness (QED) is 0.675. The number of aryl methyl sites for hydroxylation is 2. The van der Waals surface area contributed by atoms with Crippen LogP contribution in [0.25, 0.3) is 10.2 Å². The zero-order valence-electron chi connectivity index (χ0n) is 14.4. The molecule has 2 aliphatic heterocycles. The average molecular weight is 352 g/mol. The lowest BCUT2D eigenvalue weighted by Crippen LogP contribution is -2.47. The minimum Gasteiger partial charge on any atom is -0.355 e. The molecular formula is C19H20N4OS. The fourth-order valence-corrected chi connectivity index (χ4v) is 5.46. The minimum atomic E-state index is 0.134. The van der Waals surface area contributed by atoms with Gasteiger partial charge in [-0.3, -0.25) is 4.79 Å². The van der Waals surface area contributed by atoms with Gasteiger partial charge in [-0.05, 0) is 37.8 Å². The van der Waals surface area contributed by atoms with Crippen molar-refractivity contribution in [3.8, 4) is 0 Å². The van der Waals surface area contributed by atoms with Crippen LogP contribution in [0, 0.1) is 19.8 Å². The first kappa shape index (κ1) is 15.1. The number of pyridine rings is 1. The van der Waals surface area contributed by atoms with Crippen LogP contribution in [0.2, 0.25) is 0 Å². The SMILES string of the molecule is Cc1sc2ncnc(N3C[C@@H]4C[C@H](C3)c3cccc(=O)n3C4)c2c1C. The van der Waals surface area contributed by atoms with E-state index in [0.717, 1.165) is 36.7 Å². The summed E-state index contributed by atoms with van der Waals surface area (Å²) in [6, 6.07) is 5.68. The van der Waals surface area contributed by atoms with E-state index in [1.54, 1.807) is 23.7 Å². The van der Waals surface area contributed by atoms with Crippen LogP contribution in [0.4, 0.5) is 5.82 Å². The second-order valence-electron chi connectivity index (χ2n) is 7.26. The Morgan fingerprint density at radius 3 is 2.92 bits per heavy atom. The first-order valence-electron chi connectivity index (χ1n) is 8.77. The number of anilines is 1. The molecule has 3 aromatic rings. The third kappa shape index (κ3) is 2.24.